The van der Waals surface area contributed by atoms with Gasteiger partial charge in [0.1, 0.15) is 0 Å². The molecule has 0 saturated heterocycles. The molecule has 1 heterocycles. The molecule has 0 aliphatic carbocycles. The Morgan fingerprint density at radius 3 is 2.89 bits per heavy atom. The molecule has 0 fully saturated rings. The Balaban J connectivity index is 2.06. The number of rotatable bonds is 5. The summed E-state index contributed by atoms with van der Waals surface area (Å²) in [6.45, 7) is 0. The monoisotopic (exact) mass is 243 g/mol. The number of aryl methyl sites for hydroxylation is 1. The molecule has 94 valence electrons. The van der Waals surface area contributed by atoms with Crippen molar-refractivity contribution in [1.29, 1.82) is 0 Å². The van der Waals surface area contributed by atoms with Crippen molar-refractivity contribution < 1.29 is 4.79 Å². The number of hydrogen-bond acceptors (Lipinski definition) is 3. The molecule has 0 aliphatic heterocycles. The van der Waals surface area contributed by atoms with Crippen LogP contribution in [0.15, 0.2) is 36.5 Å². The second-order valence-corrected chi connectivity index (χ2v) is 4.39. The van der Waals surface area contributed by atoms with Crippen molar-refractivity contribution in [2.45, 2.75) is 25.3 Å². The average Bonchev–Trinajstić information content (AvgIpc) is 2.38. The van der Waals surface area contributed by atoms with Gasteiger partial charge in [-0.3, -0.25) is 9.78 Å². The number of nitrogens with zero attached hydrogens (tertiary/aromatic N) is 1. The van der Waals surface area contributed by atoms with Gasteiger partial charge in [0.05, 0.1) is 11.6 Å². The van der Waals surface area contributed by atoms with Crippen molar-refractivity contribution in [2.75, 3.05) is 0 Å². The van der Waals surface area contributed by atoms with Crippen LogP contribution in [-0.4, -0.2) is 16.9 Å². The van der Waals surface area contributed by atoms with Gasteiger partial charge >= 0.3 is 0 Å². The van der Waals surface area contributed by atoms with Gasteiger partial charge in [-0.05, 0) is 37.0 Å². The maximum Gasteiger partial charge on any atom is 0.234 e. The van der Waals surface area contributed by atoms with Gasteiger partial charge in [0.15, 0.2) is 0 Å². The van der Waals surface area contributed by atoms with Crippen molar-refractivity contribution in [3.63, 3.8) is 0 Å². The quantitative estimate of drug-likeness (QED) is 0.832. The lowest BCUT2D eigenvalue weighted by Crippen LogP contribution is -2.36. The summed E-state index contributed by atoms with van der Waals surface area (Å²) < 4.78 is 0. The maximum atomic E-state index is 10.8. The molecule has 2 aromatic rings. The molecule has 4 heteroatoms. The van der Waals surface area contributed by atoms with E-state index in [-0.39, 0.29) is 0 Å². The predicted molar refractivity (Wildman–Crippen MR) is 71.9 cm³/mol. The maximum absolute atomic E-state index is 10.8. The summed E-state index contributed by atoms with van der Waals surface area (Å²) in [6, 6.07) is 9.53. The number of fused-ring (bicyclic) bond motifs is 1. The second kappa shape index (κ2) is 5.60. The van der Waals surface area contributed by atoms with Crippen LogP contribution >= 0.6 is 0 Å². The smallest absolute Gasteiger partial charge is 0.234 e. The van der Waals surface area contributed by atoms with Crippen LogP contribution in [0.2, 0.25) is 0 Å². The highest BCUT2D eigenvalue weighted by Crippen LogP contribution is 2.18. The van der Waals surface area contributed by atoms with Gasteiger partial charge in [-0.1, -0.05) is 18.2 Å². The van der Waals surface area contributed by atoms with Crippen LogP contribution in [0.25, 0.3) is 10.9 Å². The fourth-order valence-electron chi connectivity index (χ4n) is 2.04. The fraction of sp³-hybridized carbons (Fsp3) is 0.286. The molecule has 1 atom stereocenters. The Hall–Kier alpha value is -1.94. The summed E-state index contributed by atoms with van der Waals surface area (Å²) in [4.78, 5) is 15.2. The van der Waals surface area contributed by atoms with Crippen molar-refractivity contribution in [3.05, 3.63) is 42.1 Å². The zero-order valence-electron chi connectivity index (χ0n) is 10.2. The zero-order chi connectivity index (χ0) is 13.0. The zero-order valence-corrected chi connectivity index (χ0v) is 10.2. The lowest BCUT2D eigenvalue weighted by molar-refractivity contribution is -0.119. The molecule has 2 rings (SSSR count). The summed E-state index contributed by atoms with van der Waals surface area (Å²) in [5.41, 5.74) is 13.0. The predicted octanol–water partition coefficient (Wildman–Crippen LogP) is 1.37. The first-order valence-electron chi connectivity index (χ1n) is 6.06. The molecular weight excluding hydrogens is 226 g/mol. The van der Waals surface area contributed by atoms with Crippen LogP contribution < -0.4 is 11.5 Å². The van der Waals surface area contributed by atoms with E-state index in [1.807, 2.05) is 18.2 Å². The fourth-order valence-corrected chi connectivity index (χ4v) is 2.04. The number of pyridine rings is 1. The van der Waals surface area contributed by atoms with E-state index < -0.39 is 11.9 Å². The number of benzene rings is 1. The molecule has 4 nitrogen and oxygen atoms in total. The molecule has 1 aromatic carbocycles. The van der Waals surface area contributed by atoms with E-state index in [0.29, 0.717) is 6.42 Å². The van der Waals surface area contributed by atoms with Gasteiger partial charge in [-0.2, -0.15) is 0 Å². The standard InChI is InChI=1S/C14H17N3O/c15-12(14(16)18)7-1-4-10-5-2-8-13-11(10)6-3-9-17-13/h2-3,5-6,8-9,12H,1,4,7,15H2,(H2,16,18). The molecule has 1 amide bonds. The topological polar surface area (TPSA) is 82.0 Å². The van der Waals surface area contributed by atoms with Crippen LogP contribution in [-0.2, 0) is 11.2 Å². The van der Waals surface area contributed by atoms with Crippen molar-refractivity contribution >= 4 is 16.8 Å². The molecule has 18 heavy (non-hydrogen) atoms. The molecule has 0 spiro atoms. The highest BCUT2D eigenvalue weighted by atomic mass is 16.1. The number of nitrogens with two attached hydrogens (primary N) is 2. The minimum Gasteiger partial charge on any atom is -0.368 e. The first kappa shape index (κ1) is 12.5. The third kappa shape index (κ3) is 2.84. The van der Waals surface area contributed by atoms with Crippen LogP contribution in [0.3, 0.4) is 0 Å². The Morgan fingerprint density at radius 1 is 1.28 bits per heavy atom. The third-order valence-electron chi connectivity index (χ3n) is 3.06. The van der Waals surface area contributed by atoms with Gasteiger partial charge in [-0.15, -0.1) is 0 Å². The van der Waals surface area contributed by atoms with Crippen molar-refractivity contribution in [2.24, 2.45) is 11.5 Å². The van der Waals surface area contributed by atoms with E-state index in [4.69, 9.17) is 11.5 Å². The van der Waals surface area contributed by atoms with Gasteiger partial charge in [0, 0.05) is 11.6 Å². The van der Waals surface area contributed by atoms with Crippen LogP contribution in [0.4, 0.5) is 0 Å². The molecular formula is C14H17N3O. The minimum absolute atomic E-state index is 0.436. The molecule has 0 aliphatic rings. The van der Waals surface area contributed by atoms with E-state index in [0.717, 1.165) is 23.7 Å². The van der Waals surface area contributed by atoms with Crippen LogP contribution in [0, 0.1) is 0 Å². The van der Waals surface area contributed by atoms with Gasteiger partial charge < -0.3 is 11.5 Å². The first-order chi connectivity index (χ1) is 8.68. The Labute approximate surface area is 106 Å². The average molecular weight is 243 g/mol. The first-order valence-corrected chi connectivity index (χ1v) is 6.06. The summed E-state index contributed by atoms with van der Waals surface area (Å²) in [5.74, 6) is -0.436. The van der Waals surface area contributed by atoms with Gasteiger partial charge in [0.2, 0.25) is 5.91 Å². The number of primary amides is 1. The highest BCUT2D eigenvalue weighted by molar-refractivity contribution is 5.82. The number of aromatic nitrogens is 1. The van der Waals surface area contributed by atoms with Crippen LogP contribution in [0.1, 0.15) is 18.4 Å². The lowest BCUT2D eigenvalue weighted by Gasteiger charge is -2.08. The third-order valence-corrected chi connectivity index (χ3v) is 3.06. The van der Waals surface area contributed by atoms with Crippen molar-refractivity contribution in [1.82, 2.24) is 4.98 Å². The molecule has 0 bridgehead atoms. The number of carbonyl (C=O) groups is 1. The molecule has 1 unspecified atom stereocenters. The van der Waals surface area contributed by atoms with Gasteiger partial charge in [-0.25, -0.2) is 0 Å². The van der Waals surface area contributed by atoms with Crippen molar-refractivity contribution in [3.8, 4) is 0 Å². The SMILES string of the molecule is NC(=O)C(N)CCCc1cccc2ncccc12. The van der Waals surface area contributed by atoms with E-state index in [1.54, 1.807) is 6.20 Å². The normalized spacial score (nSPS) is 12.5. The lowest BCUT2D eigenvalue weighted by atomic mass is 10.0. The molecule has 0 radical (unpaired) electrons. The summed E-state index contributed by atoms with van der Waals surface area (Å²) in [7, 11) is 0. The number of carbonyl (C=O) groups excluding carboxylic acids is 1. The Kier molecular flexibility index (Phi) is 3.89. The Bertz CT molecular complexity index is 548. The molecule has 1 aromatic heterocycles. The van der Waals surface area contributed by atoms with E-state index >= 15 is 0 Å². The minimum atomic E-state index is -0.543. The summed E-state index contributed by atoms with van der Waals surface area (Å²) >= 11 is 0. The Morgan fingerprint density at radius 2 is 2.11 bits per heavy atom. The molecule has 4 N–H and O–H groups in total. The highest BCUT2D eigenvalue weighted by Gasteiger charge is 2.09. The molecule has 0 saturated carbocycles. The van der Waals surface area contributed by atoms with E-state index in [1.165, 1.54) is 5.56 Å². The summed E-state index contributed by atoms with van der Waals surface area (Å²) in [6.07, 6.45) is 4.13. The van der Waals surface area contributed by atoms with E-state index in [2.05, 4.69) is 17.1 Å². The second-order valence-electron chi connectivity index (χ2n) is 4.39. The largest absolute Gasteiger partial charge is 0.368 e. The van der Waals surface area contributed by atoms with E-state index in [9.17, 15) is 4.79 Å². The van der Waals surface area contributed by atoms with Gasteiger partial charge in [0.25, 0.3) is 0 Å². The number of amides is 1. The number of hydrogen-bond donors (Lipinski definition) is 2. The van der Waals surface area contributed by atoms with Crippen LogP contribution in [0.5, 0.6) is 0 Å². The summed E-state index contributed by atoms with van der Waals surface area (Å²) in [5, 5.41) is 1.16.